The number of halogens is 2. The summed E-state index contributed by atoms with van der Waals surface area (Å²) in [6, 6.07) is 11.6. The van der Waals surface area contributed by atoms with Crippen LogP contribution in [0.15, 0.2) is 53.7 Å². The molecule has 1 heterocycles. The van der Waals surface area contributed by atoms with Gasteiger partial charge in [-0.1, -0.05) is 17.8 Å². The van der Waals surface area contributed by atoms with E-state index in [-0.39, 0.29) is 17.5 Å². The first-order valence-corrected chi connectivity index (χ1v) is 8.35. The van der Waals surface area contributed by atoms with Gasteiger partial charge in [-0.3, -0.25) is 4.79 Å². The Morgan fingerprint density at radius 2 is 1.88 bits per heavy atom. The number of nitrogens with one attached hydrogen (secondary N) is 1. The number of thioether (sulfide) groups is 1. The van der Waals surface area contributed by atoms with E-state index in [1.807, 2.05) is 0 Å². The van der Waals surface area contributed by atoms with Crippen LogP contribution in [0.25, 0.3) is 11.4 Å². The minimum atomic E-state index is -0.414. The number of carbonyl (C=O) groups is 1. The molecule has 0 spiro atoms. The van der Waals surface area contributed by atoms with Crippen molar-refractivity contribution < 1.29 is 13.6 Å². The van der Waals surface area contributed by atoms with Gasteiger partial charge in [-0.15, -0.1) is 10.2 Å². The van der Waals surface area contributed by atoms with Crippen molar-refractivity contribution in [1.29, 1.82) is 0 Å². The number of rotatable bonds is 5. The third-order valence-electron chi connectivity index (χ3n) is 3.38. The van der Waals surface area contributed by atoms with Crippen molar-refractivity contribution in [2.75, 3.05) is 11.1 Å². The minimum Gasteiger partial charge on any atom is -0.325 e. The molecule has 2 aromatic carbocycles. The Labute approximate surface area is 147 Å². The molecule has 3 aromatic rings. The first kappa shape index (κ1) is 17.1. The standard InChI is InChI=1S/C17H14F2N4OS/c1-23-16(11-5-7-12(18)8-6-11)21-22-17(23)25-10-15(24)20-14-4-2-3-13(19)9-14/h2-9H,10H2,1H3,(H,20,24). The molecule has 0 atom stereocenters. The lowest BCUT2D eigenvalue weighted by Crippen LogP contribution is -2.14. The second kappa shape index (κ2) is 7.43. The highest BCUT2D eigenvalue weighted by atomic mass is 32.2. The van der Waals surface area contributed by atoms with Crippen LogP contribution in [-0.4, -0.2) is 26.4 Å². The number of amides is 1. The number of nitrogens with zero attached hydrogens (tertiary/aromatic N) is 3. The quantitative estimate of drug-likeness (QED) is 0.708. The Kier molecular flexibility index (Phi) is 5.08. The van der Waals surface area contributed by atoms with Gasteiger partial charge in [0.25, 0.3) is 0 Å². The average molecular weight is 360 g/mol. The number of aromatic nitrogens is 3. The predicted octanol–water partition coefficient (Wildman–Crippen LogP) is 3.49. The number of hydrogen-bond acceptors (Lipinski definition) is 4. The van der Waals surface area contributed by atoms with Gasteiger partial charge >= 0.3 is 0 Å². The molecule has 0 fully saturated rings. The molecule has 0 unspecified atom stereocenters. The molecule has 3 rings (SSSR count). The highest BCUT2D eigenvalue weighted by Crippen LogP contribution is 2.23. The minimum absolute atomic E-state index is 0.103. The van der Waals surface area contributed by atoms with Crippen molar-refractivity contribution in [3.05, 3.63) is 60.2 Å². The molecule has 1 aromatic heterocycles. The van der Waals surface area contributed by atoms with Gasteiger partial charge in [0.15, 0.2) is 11.0 Å². The molecule has 0 aliphatic rings. The zero-order valence-electron chi connectivity index (χ0n) is 13.2. The molecule has 0 saturated heterocycles. The van der Waals surface area contributed by atoms with Gasteiger partial charge in [0, 0.05) is 18.3 Å². The molecule has 1 amide bonds. The summed E-state index contributed by atoms with van der Waals surface area (Å²) in [5.74, 6) is -0.335. The third kappa shape index (κ3) is 4.21. The second-order valence-corrected chi connectivity index (χ2v) is 6.16. The first-order chi connectivity index (χ1) is 12.0. The van der Waals surface area contributed by atoms with E-state index >= 15 is 0 Å². The highest BCUT2D eigenvalue weighted by molar-refractivity contribution is 7.99. The summed E-state index contributed by atoms with van der Waals surface area (Å²) in [6.45, 7) is 0. The van der Waals surface area contributed by atoms with Gasteiger partial charge in [-0.2, -0.15) is 0 Å². The summed E-state index contributed by atoms with van der Waals surface area (Å²) >= 11 is 1.21. The van der Waals surface area contributed by atoms with Crippen molar-refractivity contribution in [2.24, 2.45) is 7.05 Å². The lowest BCUT2D eigenvalue weighted by atomic mass is 10.2. The van der Waals surface area contributed by atoms with E-state index < -0.39 is 5.82 Å². The van der Waals surface area contributed by atoms with Crippen LogP contribution in [0.3, 0.4) is 0 Å². The third-order valence-corrected chi connectivity index (χ3v) is 4.40. The van der Waals surface area contributed by atoms with Crippen LogP contribution < -0.4 is 5.32 Å². The summed E-state index contributed by atoms with van der Waals surface area (Å²) < 4.78 is 27.8. The van der Waals surface area contributed by atoms with E-state index in [1.54, 1.807) is 29.8 Å². The number of hydrogen-bond donors (Lipinski definition) is 1. The zero-order chi connectivity index (χ0) is 17.8. The second-order valence-electron chi connectivity index (χ2n) is 5.22. The van der Waals surface area contributed by atoms with Crippen LogP contribution in [0.2, 0.25) is 0 Å². The average Bonchev–Trinajstić information content (AvgIpc) is 2.94. The largest absolute Gasteiger partial charge is 0.325 e. The highest BCUT2D eigenvalue weighted by Gasteiger charge is 2.13. The molecule has 128 valence electrons. The van der Waals surface area contributed by atoms with Gasteiger partial charge < -0.3 is 9.88 Å². The topological polar surface area (TPSA) is 59.8 Å². The molecule has 0 aliphatic carbocycles. The monoisotopic (exact) mass is 360 g/mol. The van der Waals surface area contributed by atoms with Crippen molar-refractivity contribution in [2.45, 2.75) is 5.16 Å². The first-order valence-electron chi connectivity index (χ1n) is 7.36. The Bertz CT molecular complexity index is 896. The molecule has 5 nitrogen and oxygen atoms in total. The fraction of sp³-hybridized carbons (Fsp3) is 0.118. The molecule has 1 N–H and O–H groups in total. The van der Waals surface area contributed by atoms with E-state index in [4.69, 9.17) is 0 Å². The summed E-state index contributed by atoms with van der Waals surface area (Å²) in [7, 11) is 1.77. The Balaban J connectivity index is 1.64. The lowest BCUT2D eigenvalue weighted by molar-refractivity contribution is -0.113. The van der Waals surface area contributed by atoms with Gasteiger partial charge in [0.1, 0.15) is 11.6 Å². The zero-order valence-corrected chi connectivity index (χ0v) is 14.1. The smallest absolute Gasteiger partial charge is 0.234 e. The van der Waals surface area contributed by atoms with E-state index in [1.165, 1.54) is 42.1 Å². The SMILES string of the molecule is Cn1c(SCC(=O)Nc2cccc(F)c2)nnc1-c1ccc(F)cc1. The maximum atomic E-state index is 13.1. The molecular formula is C17H14F2N4OS. The molecule has 0 aliphatic heterocycles. The number of carbonyl (C=O) groups excluding carboxylic acids is 1. The van der Waals surface area contributed by atoms with Crippen molar-refractivity contribution in [3.8, 4) is 11.4 Å². The normalized spacial score (nSPS) is 10.7. The van der Waals surface area contributed by atoms with Crippen molar-refractivity contribution in [1.82, 2.24) is 14.8 Å². The maximum absolute atomic E-state index is 13.1. The summed E-state index contributed by atoms with van der Waals surface area (Å²) in [5, 5.41) is 11.3. The van der Waals surface area contributed by atoms with Crippen LogP contribution in [0.4, 0.5) is 14.5 Å². The molecule has 0 bridgehead atoms. The fourth-order valence-corrected chi connectivity index (χ4v) is 2.90. The van der Waals surface area contributed by atoms with Crippen LogP contribution in [0.5, 0.6) is 0 Å². The predicted molar refractivity (Wildman–Crippen MR) is 92.2 cm³/mol. The van der Waals surface area contributed by atoms with Crippen LogP contribution in [0, 0.1) is 11.6 Å². The van der Waals surface area contributed by atoms with Gasteiger partial charge in [0.05, 0.1) is 5.75 Å². The van der Waals surface area contributed by atoms with Crippen LogP contribution >= 0.6 is 11.8 Å². The Morgan fingerprint density at radius 1 is 1.12 bits per heavy atom. The van der Waals surface area contributed by atoms with E-state index in [9.17, 15) is 13.6 Å². The number of anilines is 1. The van der Waals surface area contributed by atoms with Crippen molar-refractivity contribution in [3.63, 3.8) is 0 Å². The van der Waals surface area contributed by atoms with Crippen molar-refractivity contribution >= 4 is 23.4 Å². The molecule has 25 heavy (non-hydrogen) atoms. The summed E-state index contributed by atoms with van der Waals surface area (Å²) in [6.07, 6.45) is 0. The molecule has 8 heteroatoms. The maximum Gasteiger partial charge on any atom is 0.234 e. The van der Waals surface area contributed by atoms with Crippen LogP contribution in [0.1, 0.15) is 0 Å². The molecule has 0 radical (unpaired) electrons. The number of benzene rings is 2. The fourth-order valence-electron chi connectivity index (χ4n) is 2.18. The van der Waals surface area contributed by atoms with E-state index in [2.05, 4.69) is 15.5 Å². The molecular weight excluding hydrogens is 346 g/mol. The van der Waals surface area contributed by atoms with E-state index in [0.717, 1.165) is 5.56 Å². The van der Waals surface area contributed by atoms with Gasteiger partial charge in [0.2, 0.25) is 5.91 Å². The molecule has 0 saturated carbocycles. The Hall–Kier alpha value is -2.74. The van der Waals surface area contributed by atoms with E-state index in [0.29, 0.717) is 16.7 Å². The Morgan fingerprint density at radius 3 is 2.60 bits per heavy atom. The van der Waals surface area contributed by atoms with Crippen LogP contribution in [-0.2, 0) is 11.8 Å². The van der Waals surface area contributed by atoms with Gasteiger partial charge in [-0.05, 0) is 42.5 Å². The van der Waals surface area contributed by atoms with Gasteiger partial charge in [-0.25, -0.2) is 8.78 Å². The summed E-state index contributed by atoms with van der Waals surface area (Å²) in [4.78, 5) is 12.0. The lowest BCUT2D eigenvalue weighted by Gasteiger charge is -2.06. The summed E-state index contributed by atoms with van der Waals surface area (Å²) in [5.41, 5.74) is 1.13.